The fourth-order valence-corrected chi connectivity index (χ4v) is 4.28. The van der Waals surface area contributed by atoms with Crippen molar-refractivity contribution in [3.05, 3.63) is 34.3 Å². The molecule has 0 spiro atoms. The molecule has 0 amide bonds. The Morgan fingerprint density at radius 1 is 1.35 bits per heavy atom. The van der Waals surface area contributed by atoms with Crippen LogP contribution in [0.25, 0.3) is 0 Å². The lowest BCUT2D eigenvalue weighted by molar-refractivity contribution is -0.143. The highest BCUT2D eigenvalue weighted by Crippen LogP contribution is 2.49. The largest absolute Gasteiger partial charge is 0.401 e. The van der Waals surface area contributed by atoms with Gasteiger partial charge in [-0.05, 0) is 30.9 Å². The Hall–Kier alpha value is -1.28. The van der Waals surface area contributed by atoms with Crippen molar-refractivity contribution in [2.75, 3.05) is 33.2 Å². The molecule has 0 radical (unpaired) electrons. The summed E-state index contributed by atoms with van der Waals surface area (Å²) >= 11 is 3.63. The molecule has 1 aromatic rings. The molecule has 0 aromatic heterocycles. The third-order valence-electron chi connectivity index (χ3n) is 5.13. The Balaban J connectivity index is 1.51. The van der Waals surface area contributed by atoms with Gasteiger partial charge in [0.2, 0.25) is 0 Å². The molecule has 1 saturated carbocycles. The summed E-state index contributed by atoms with van der Waals surface area (Å²) in [5.41, 5.74) is 1.40. The molecule has 4 nitrogen and oxygen atoms in total. The Morgan fingerprint density at radius 2 is 2.08 bits per heavy atom. The summed E-state index contributed by atoms with van der Waals surface area (Å²) in [6.07, 6.45) is -1.23. The van der Waals surface area contributed by atoms with Gasteiger partial charge in [0.05, 0.1) is 6.54 Å². The molecule has 1 unspecified atom stereocenters. The molecular formula is C18H24BrF3N4. The van der Waals surface area contributed by atoms with Crippen LogP contribution in [0.4, 0.5) is 13.2 Å². The van der Waals surface area contributed by atoms with E-state index in [1.54, 1.807) is 7.05 Å². The first-order valence-electron chi connectivity index (χ1n) is 8.83. The van der Waals surface area contributed by atoms with E-state index in [0.717, 1.165) is 23.9 Å². The maximum atomic E-state index is 12.5. The summed E-state index contributed by atoms with van der Waals surface area (Å²) in [6, 6.07) is 8.23. The van der Waals surface area contributed by atoms with Crippen LogP contribution in [0.3, 0.4) is 0 Å². The number of alkyl halides is 3. The summed E-state index contributed by atoms with van der Waals surface area (Å²) in [4.78, 5) is 5.68. The topological polar surface area (TPSA) is 39.7 Å². The number of halogens is 4. The fraction of sp³-hybridized carbons (Fsp3) is 0.611. The Morgan fingerprint density at radius 3 is 2.69 bits per heavy atom. The molecule has 1 aliphatic heterocycles. The predicted molar refractivity (Wildman–Crippen MR) is 100 cm³/mol. The second kappa shape index (κ2) is 7.76. The number of hydrogen-bond acceptors (Lipinski definition) is 2. The number of benzene rings is 1. The van der Waals surface area contributed by atoms with Crippen LogP contribution in [-0.4, -0.2) is 56.3 Å². The zero-order chi connectivity index (χ0) is 18.8. The van der Waals surface area contributed by atoms with E-state index in [4.69, 9.17) is 0 Å². The van der Waals surface area contributed by atoms with Gasteiger partial charge in [-0.15, -0.1) is 0 Å². The van der Waals surface area contributed by atoms with Gasteiger partial charge in [0.25, 0.3) is 0 Å². The zero-order valence-corrected chi connectivity index (χ0v) is 16.3. The number of aliphatic imine (C=N–C) groups is 1. The van der Waals surface area contributed by atoms with E-state index in [9.17, 15) is 13.2 Å². The molecule has 1 heterocycles. The molecule has 1 atom stereocenters. The average Bonchev–Trinajstić information content (AvgIpc) is 3.24. The lowest BCUT2D eigenvalue weighted by atomic mass is 9.96. The van der Waals surface area contributed by atoms with Crippen molar-refractivity contribution in [1.82, 2.24) is 15.5 Å². The van der Waals surface area contributed by atoms with Crippen molar-refractivity contribution >= 4 is 21.9 Å². The van der Waals surface area contributed by atoms with Crippen molar-refractivity contribution in [3.8, 4) is 0 Å². The minimum Gasteiger partial charge on any atom is -0.356 e. The van der Waals surface area contributed by atoms with E-state index in [-0.39, 0.29) is 11.5 Å². The third kappa shape index (κ3) is 4.91. The molecular weight excluding hydrogens is 409 g/mol. The molecule has 2 N–H and O–H groups in total. The number of likely N-dealkylation sites (tertiary alicyclic amines) is 1. The number of rotatable bonds is 5. The molecule has 1 aliphatic carbocycles. The van der Waals surface area contributed by atoms with Gasteiger partial charge in [0, 0.05) is 42.6 Å². The summed E-state index contributed by atoms with van der Waals surface area (Å²) < 4.78 is 38.7. The minimum atomic E-state index is -4.14. The van der Waals surface area contributed by atoms with Gasteiger partial charge in [0.15, 0.2) is 5.96 Å². The van der Waals surface area contributed by atoms with Crippen LogP contribution in [0.15, 0.2) is 33.7 Å². The van der Waals surface area contributed by atoms with Crippen LogP contribution >= 0.6 is 15.9 Å². The molecule has 3 rings (SSSR count). The third-order valence-corrected chi connectivity index (χ3v) is 5.82. The van der Waals surface area contributed by atoms with Crippen LogP contribution in [-0.2, 0) is 5.41 Å². The summed E-state index contributed by atoms with van der Waals surface area (Å²) in [5.74, 6) is 0.655. The van der Waals surface area contributed by atoms with Crippen molar-refractivity contribution in [1.29, 1.82) is 0 Å². The standard InChI is InChI=1S/C18H24BrF3N4/c1-23-16(25-13-6-9-26(10-13)12-18(20,21)22)24-11-17(7-8-17)14-4-2-3-5-15(14)19/h2-5,13H,6-12H2,1H3,(H2,23,24,25). The highest BCUT2D eigenvalue weighted by atomic mass is 79.9. The SMILES string of the molecule is CN=C(NCC1(c2ccccc2Br)CC1)NC1CCN(CC(F)(F)F)C1. The van der Waals surface area contributed by atoms with Crippen LogP contribution in [0.1, 0.15) is 24.8 Å². The molecule has 2 fully saturated rings. The molecule has 144 valence electrons. The lowest BCUT2D eigenvalue weighted by Gasteiger charge is -2.22. The van der Waals surface area contributed by atoms with Gasteiger partial charge >= 0.3 is 6.18 Å². The van der Waals surface area contributed by atoms with E-state index in [0.29, 0.717) is 25.5 Å². The van der Waals surface area contributed by atoms with Gasteiger partial charge in [-0.3, -0.25) is 9.89 Å². The zero-order valence-electron chi connectivity index (χ0n) is 14.7. The van der Waals surface area contributed by atoms with E-state index in [1.165, 1.54) is 10.5 Å². The molecule has 26 heavy (non-hydrogen) atoms. The number of hydrogen-bond donors (Lipinski definition) is 2. The van der Waals surface area contributed by atoms with Gasteiger partial charge < -0.3 is 10.6 Å². The maximum absolute atomic E-state index is 12.5. The van der Waals surface area contributed by atoms with Crippen molar-refractivity contribution in [2.45, 2.75) is 36.9 Å². The first-order valence-corrected chi connectivity index (χ1v) is 9.62. The van der Waals surface area contributed by atoms with Gasteiger partial charge in [-0.2, -0.15) is 13.2 Å². The van der Waals surface area contributed by atoms with Crippen LogP contribution in [0.2, 0.25) is 0 Å². The normalized spacial score (nSPS) is 23.1. The first-order chi connectivity index (χ1) is 12.3. The van der Waals surface area contributed by atoms with Crippen molar-refractivity contribution < 1.29 is 13.2 Å². The smallest absolute Gasteiger partial charge is 0.356 e. The number of guanidine groups is 1. The summed E-state index contributed by atoms with van der Waals surface area (Å²) in [7, 11) is 1.69. The Bertz CT molecular complexity index is 658. The average molecular weight is 433 g/mol. The van der Waals surface area contributed by atoms with Gasteiger partial charge in [0.1, 0.15) is 0 Å². The summed E-state index contributed by atoms with van der Waals surface area (Å²) in [6.45, 7) is 0.751. The van der Waals surface area contributed by atoms with Crippen LogP contribution in [0, 0.1) is 0 Å². The number of nitrogens with one attached hydrogen (secondary N) is 2. The summed E-state index contributed by atoms with van der Waals surface area (Å²) in [5, 5.41) is 6.63. The second-order valence-corrected chi connectivity index (χ2v) is 8.02. The van der Waals surface area contributed by atoms with Crippen molar-refractivity contribution in [2.24, 2.45) is 4.99 Å². The van der Waals surface area contributed by atoms with Crippen molar-refractivity contribution in [3.63, 3.8) is 0 Å². The second-order valence-electron chi connectivity index (χ2n) is 7.17. The Labute approximate surface area is 160 Å². The van der Waals surface area contributed by atoms with E-state index >= 15 is 0 Å². The molecule has 1 aromatic carbocycles. The van der Waals surface area contributed by atoms with Crippen LogP contribution < -0.4 is 10.6 Å². The molecule has 0 bridgehead atoms. The van der Waals surface area contributed by atoms with Gasteiger partial charge in [-0.1, -0.05) is 34.1 Å². The quantitative estimate of drug-likeness (QED) is 0.553. The monoisotopic (exact) mass is 432 g/mol. The molecule has 2 aliphatic rings. The minimum absolute atomic E-state index is 0.0119. The maximum Gasteiger partial charge on any atom is 0.401 e. The first kappa shape index (κ1) is 19.5. The van der Waals surface area contributed by atoms with Gasteiger partial charge in [-0.25, -0.2) is 0 Å². The predicted octanol–water partition coefficient (Wildman–Crippen LogP) is 3.28. The van der Waals surface area contributed by atoms with E-state index in [1.807, 2.05) is 12.1 Å². The number of nitrogens with zero attached hydrogens (tertiary/aromatic N) is 2. The highest BCUT2D eigenvalue weighted by molar-refractivity contribution is 9.10. The van der Waals surface area contributed by atoms with E-state index in [2.05, 4.69) is 43.7 Å². The lowest BCUT2D eigenvalue weighted by Crippen LogP contribution is -2.47. The fourth-order valence-electron chi connectivity index (χ4n) is 3.57. The van der Waals surface area contributed by atoms with Crippen LogP contribution in [0.5, 0.6) is 0 Å². The van der Waals surface area contributed by atoms with E-state index < -0.39 is 12.7 Å². The Kier molecular flexibility index (Phi) is 5.81. The molecule has 1 saturated heterocycles. The molecule has 8 heteroatoms. The highest BCUT2D eigenvalue weighted by Gasteiger charge is 2.45.